The standard InChI is InChI=1S/C12H17N3O2.ClH/c1-8-7-15(5-4-13-8)12(16)10-6-11(17-14-10)9-2-3-9;/h6,8-9,13H,2-5,7H2,1H3;1H. The molecule has 0 bridgehead atoms. The van der Waals surface area contributed by atoms with E-state index in [0.717, 1.165) is 38.2 Å². The minimum absolute atomic E-state index is 0. The second-order valence-corrected chi connectivity index (χ2v) is 5.00. The molecule has 1 amide bonds. The van der Waals surface area contributed by atoms with Gasteiger partial charge in [0, 0.05) is 37.7 Å². The van der Waals surface area contributed by atoms with Gasteiger partial charge in [-0.15, -0.1) is 12.4 Å². The predicted octanol–water partition coefficient (Wildman–Crippen LogP) is 1.41. The molecule has 1 unspecified atom stereocenters. The SMILES string of the molecule is CC1CN(C(=O)c2cc(C3CC3)on2)CCN1.Cl. The molecular formula is C12H18ClN3O2. The molecule has 1 saturated carbocycles. The Morgan fingerprint density at radius 2 is 2.33 bits per heavy atom. The zero-order valence-electron chi connectivity index (χ0n) is 10.4. The Labute approximate surface area is 112 Å². The Kier molecular flexibility index (Phi) is 3.92. The quantitative estimate of drug-likeness (QED) is 0.884. The van der Waals surface area contributed by atoms with Gasteiger partial charge in [0.2, 0.25) is 0 Å². The number of hydrogen-bond acceptors (Lipinski definition) is 4. The molecule has 2 aliphatic rings. The normalized spacial score (nSPS) is 23.6. The molecule has 100 valence electrons. The van der Waals surface area contributed by atoms with Crippen LogP contribution >= 0.6 is 12.4 Å². The smallest absolute Gasteiger partial charge is 0.276 e. The summed E-state index contributed by atoms with van der Waals surface area (Å²) in [5, 5.41) is 7.20. The molecule has 2 fully saturated rings. The van der Waals surface area contributed by atoms with E-state index in [0.29, 0.717) is 17.7 Å². The Morgan fingerprint density at radius 3 is 3.00 bits per heavy atom. The molecule has 1 atom stereocenters. The first-order chi connectivity index (χ1) is 8.24. The summed E-state index contributed by atoms with van der Waals surface area (Å²) in [5.74, 6) is 1.37. The summed E-state index contributed by atoms with van der Waals surface area (Å²) >= 11 is 0. The van der Waals surface area contributed by atoms with Gasteiger partial charge in [0.05, 0.1) is 0 Å². The van der Waals surface area contributed by atoms with E-state index < -0.39 is 0 Å². The molecule has 1 saturated heterocycles. The summed E-state index contributed by atoms with van der Waals surface area (Å²) in [6.45, 7) is 4.41. The second-order valence-electron chi connectivity index (χ2n) is 5.00. The Hall–Kier alpha value is -1.07. The van der Waals surface area contributed by atoms with Crippen LogP contribution in [-0.2, 0) is 0 Å². The maximum Gasteiger partial charge on any atom is 0.276 e. The molecule has 0 aromatic carbocycles. The van der Waals surface area contributed by atoms with Crippen molar-refractivity contribution in [3.05, 3.63) is 17.5 Å². The number of nitrogens with one attached hydrogen (secondary N) is 1. The number of rotatable bonds is 2. The number of hydrogen-bond donors (Lipinski definition) is 1. The molecule has 1 aliphatic carbocycles. The lowest BCUT2D eigenvalue weighted by atomic mass is 10.2. The fourth-order valence-corrected chi connectivity index (χ4v) is 2.23. The van der Waals surface area contributed by atoms with Crippen LogP contribution in [0.5, 0.6) is 0 Å². The number of carbonyl (C=O) groups is 1. The zero-order valence-corrected chi connectivity index (χ0v) is 11.2. The average molecular weight is 272 g/mol. The summed E-state index contributed by atoms with van der Waals surface area (Å²) in [7, 11) is 0. The van der Waals surface area contributed by atoms with E-state index >= 15 is 0 Å². The Balaban J connectivity index is 0.00000120. The third-order valence-electron chi connectivity index (χ3n) is 3.38. The van der Waals surface area contributed by atoms with Gasteiger partial charge in [0.25, 0.3) is 5.91 Å². The summed E-state index contributed by atoms with van der Waals surface area (Å²) in [6.07, 6.45) is 2.32. The van der Waals surface area contributed by atoms with Crippen molar-refractivity contribution in [1.29, 1.82) is 0 Å². The summed E-state index contributed by atoms with van der Waals surface area (Å²) in [4.78, 5) is 14.0. The first-order valence-corrected chi connectivity index (χ1v) is 6.23. The van der Waals surface area contributed by atoms with Crippen molar-refractivity contribution in [2.75, 3.05) is 19.6 Å². The molecule has 1 aliphatic heterocycles. The first-order valence-electron chi connectivity index (χ1n) is 6.23. The highest BCUT2D eigenvalue weighted by Crippen LogP contribution is 2.40. The number of carbonyl (C=O) groups excluding carboxylic acids is 1. The molecule has 1 aromatic rings. The van der Waals surface area contributed by atoms with Gasteiger partial charge in [-0.3, -0.25) is 4.79 Å². The number of halogens is 1. The number of nitrogens with zero attached hydrogens (tertiary/aromatic N) is 2. The number of aromatic nitrogens is 1. The lowest BCUT2D eigenvalue weighted by Gasteiger charge is -2.31. The third-order valence-corrected chi connectivity index (χ3v) is 3.38. The van der Waals surface area contributed by atoms with E-state index in [9.17, 15) is 4.79 Å². The van der Waals surface area contributed by atoms with E-state index in [1.54, 1.807) is 0 Å². The highest BCUT2D eigenvalue weighted by atomic mass is 35.5. The van der Waals surface area contributed by atoms with Crippen LogP contribution in [0, 0.1) is 0 Å². The van der Waals surface area contributed by atoms with E-state index in [2.05, 4.69) is 17.4 Å². The maximum absolute atomic E-state index is 12.2. The first kappa shape index (κ1) is 13.4. The molecular weight excluding hydrogens is 254 g/mol. The molecule has 18 heavy (non-hydrogen) atoms. The van der Waals surface area contributed by atoms with Crippen LogP contribution in [0.25, 0.3) is 0 Å². The molecule has 1 aromatic heterocycles. The monoisotopic (exact) mass is 271 g/mol. The van der Waals surface area contributed by atoms with Crippen molar-refractivity contribution < 1.29 is 9.32 Å². The van der Waals surface area contributed by atoms with Crippen molar-refractivity contribution in [3.8, 4) is 0 Å². The van der Waals surface area contributed by atoms with E-state index in [4.69, 9.17) is 4.52 Å². The van der Waals surface area contributed by atoms with Crippen LogP contribution in [0.15, 0.2) is 10.6 Å². The molecule has 6 heteroatoms. The fourth-order valence-electron chi connectivity index (χ4n) is 2.23. The highest BCUT2D eigenvalue weighted by molar-refractivity contribution is 5.92. The largest absolute Gasteiger partial charge is 0.360 e. The van der Waals surface area contributed by atoms with Gasteiger partial charge in [0.15, 0.2) is 5.69 Å². The maximum atomic E-state index is 12.2. The molecule has 1 N–H and O–H groups in total. The predicted molar refractivity (Wildman–Crippen MR) is 69.1 cm³/mol. The fraction of sp³-hybridized carbons (Fsp3) is 0.667. The summed E-state index contributed by atoms with van der Waals surface area (Å²) in [5.41, 5.74) is 0.459. The van der Waals surface area contributed by atoms with Crippen molar-refractivity contribution in [2.24, 2.45) is 0 Å². The van der Waals surface area contributed by atoms with Crippen LogP contribution in [0.3, 0.4) is 0 Å². The third kappa shape index (κ3) is 2.67. The molecule has 0 spiro atoms. The minimum Gasteiger partial charge on any atom is -0.360 e. The molecule has 0 radical (unpaired) electrons. The number of amides is 1. The topological polar surface area (TPSA) is 58.4 Å². The van der Waals surface area contributed by atoms with E-state index in [-0.39, 0.29) is 18.3 Å². The van der Waals surface area contributed by atoms with Gasteiger partial charge in [-0.2, -0.15) is 0 Å². The van der Waals surface area contributed by atoms with Crippen molar-refractivity contribution in [2.45, 2.75) is 31.7 Å². The molecule has 5 nitrogen and oxygen atoms in total. The van der Waals surface area contributed by atoms with Crippen LogP contribution in [-0.4, -0.2) is 41.6 Å². The number of piperazine rings is 1. The summed E-state index contributed by atoms with van der Waals surface area (Å²) in [6, 6.07) is 2.16. The van der Waals surface area contributed by atoms with Gasteiger partial charge in [0.1, 0.15) is 5.76 Å². The van der Waals surface area contributed by atoms with E-state index in [1.807, 2.05) is 11.0 Å². The van der Waals surface area contributed by atoms with Gasteiger partial charge in [-0.25, -0.2) is 0 Å². The zero-order chi connectivity index (χ0) is 11.8. The van der Waals surface area contributed by atoms with E-state index in [1.165, 1.54) is 0 Å². The van der Waals surface area contributed by atoms with Crippen LogP contribution in [0.2, 0.25) is 0 Å². The van der Waals surface area contributed by atoms with Crippen LogP contribution in [0.1, 0.15) is 41.9 Å². The Bertz CT molecular complexity index is 431. The minimum atomic E-state index is -0.00556. The van der Waals surface area contributed by atoms with Crippen LogP contribution in [0.4, 0.5) is 0 Å². The molecule has 2 heterocycles. The van der Waals surface area contributed by atoms with Crippen molar-refractivity contribution in [3.63, 3.8) is 0 Å². The average Bonchev–Trinajstić information content (AvgIpc) is 3.07. The van der Waals surface area contributed by atoms with Gasteiger partial charge in [-0.05, 0) is 19.8 Å². The highest BCUT2D eigenvalue weighted by Gasteiger charge is 2.30. The van der Waals surface area contributed by atoms with Crippen molar-refractivity contribution in [1.82, 2.24) is 15.4 Å². The lowest BCUT2D eigenvalue weighted by Crippen LogP contribution is -2.51. The Morgan fingerprint density at radius 1 is 1.56 bits per heavy atom. The van der Waals surface area contributed by atoms with Crippen LogP contribution < -0.4 is 5.32 Å². The van der Waals surface area contributed by atoms with Crippen molar-refractivity contribution >= 4 is 18.3 Å². The van der Waals surface area contributed by atoms with Gasteiger partial charge in [-0.1, -0.05) is 5.16 Å². The second kappa shape index (κ2) is 5.28. The van der Waals surface area contributed by atoms with Gasteiger partial charge >= 0.3 is 0 Å². The van der Waals surface area contributed by atoms with Gasteiger partial charge < -0.3 is 14.7 Å². The lowest BCUT2D eigenvalue weighted by molar-refractivity contribution is 0.0698. The summed E-state index contributed by atoms with van der Waals surface area (Å²) < 4.78 is 5.21. The molecule has 3 rings (SSSR count).